The Morgan fingerprint density at radius 3 is 2.82 bits per heavy atom. The summed E-state index contributed by atoms with van der Waals surface area (Å²) in [6.45, 7) is 4.23. The van der Waals surface area contributed by atoms with Gasteiger partial charge in [0, 0.05) is 0 Å². The van der Waals surface area contributed by atoms with Gasteiger partial charge in [0.2, 0.25) is 0 Å². The molecule has 1 rings (SSSR count). The Bertz CT molecular complexity index is 233. The van der Waals surface area contributed by atoms with E-state index >= 15 is 0 Å². The summed E-state index contributed by atoms with van der Waals surface area (Å²) in [5, 5.41) is 0. The number of hydrogen-bond acceptors (Lipinski definition) is 1. The van der Waals surface area contributed by atoms with E-state index < -0.39 is 6.58 Å². The van der Waals surface area contributed by atoms with Gasteiger partial charge in [-0.3, -0.25) is 0 Å². The van der Waals surface area contributed by atoms with Crippen LogP contribution in [0.4, 0.5) is 0 Å². The lowest BCUT2D eigenvalue weighted by molar-refractivity contribution is 0.202. The fourth-order valence-corrected chi connectivity index (χ4v) is 0.705. The van der Waals surface area contributed by atoms with Gasteiger partial charge < -0.3 is 4.74 Å². The van der Waals surface area contributed by atoms with E-state index in [0.717, 1.165) is 5.56 Å². The molecule has 0 saturated heterocycles. The van der Waals surface area contributed by atoms with Crippen LogP contribution in [0, 0.1) is 6.61 Å². The maximum atomic E-state index is 7.52. The minimum Gasteiger partial charge on any atom is -0.366 e. The highest BCUT2D eigenvalue weighted by molar-refractivity contribution is 5.13. The lowest BCUT2D eigenvalue weighted by Gasteiger charge is -1.98. The maximum absolute atomic E-state index is 7.52. The van der Waals surface area contributed by atoms with Crippen molar-refractivity contribution in [3.8, 4) is 0 Å². The lowest BCUT2D eigenvalue weighted by atomic mass is 10.2. The van der Waals surface area contributed by atoms with Gasteiger partial charge in [-0.1, -0.05) is 36.4 Å². The van der Waals surface area contributed by atoms with E-state index in [1.807, 2.05) is 30.3 Å². The molecule has 11 heavy (non-hydrogen) atoms. The topological polar surface area (TPSA) is 9.23 Å². The summed E-state index contributed by atoms with van der Waals surface area (Å²) in [6, 6.07) is 9.39. The van der Waals surface area contributed by atoms with Crippen LogP contribution >= 0.6 is 0 Å². The Hall–Kier alpha value is -1.08. The third-order valence-electron chi connectivity index (χ3n) is 1.18. The fraction of sp³-hybridized carbons (Fsp3) is 0.100. The molecule has 0 saturated carbocycles. The Morgan fingerprint density at radius 2 is 2.18 bits per heavy atom. The number of rotatable bonds is 4. The van der Waals surface area contributed by atoms with E-state index in [2.05, 4.69) is 6.58 Å². The average molecular weight is 148 g/mol. The quantitative estimate of drug-likeness (QED) is 0.637. The molecule has 0 heterocycles. The predicted octanol–water partition coefficient (Wildman–Crippen LogP) is 2.55. The van der Waals surface area contributed by atoms with Crippen molar-refractivity contribution in [1.82, 2.24) is 0 Å². The van der Waals surface area contributed by atoms with Gasteiger partial charge in [0.25, 0.3) is 0 Å². The van der Waals surface area contributed by atoms with E-state index in [4.69, 9.17) is 6.11 Å². The molecule has 0 aromatic heterocycles. The van der Waals surface area contributed by atoms with Crippen LogP contribution in [0.15, 0.2) is 43.0 Å². The van der Waals surface area contributed by atoms with Crippen LogP contribution in [0.5, 0.6) is 0 Å². The summed E-state index contributed by atoms with van der Waals surface area (Å²) in [6.07, 6.45) is 1.52. The SMILES string of the molecule is [2H]C(O[CH]C=C)c1ccccc1. The highest BCUT2D eigenvalue weighted by Gasteiger charge is 1.88. The first kappa shape index (κ1) is 6.62. The Morgan fingerprint density at radius 1 is 1.45 bits per heavy atom. The van der Waals surface area contributed by atoms with Crippen LogP contribution in [-0.2, 0) is 11.3 Å². The Kier molecular flexibility index (Phi) is 2.82. The zero-order valence-electron chi connectivity index (χ0n) is 7.23. The van der Waals surface area contributed by atoms with Crippen LogP contribution < -0.4 is 0 Å². The highest BCUT2D eigenvalue weighted by Crippen LogP contribution is 2.00. The fourth-order valence-electron chi connectivity index (χ4n) is 0.705. The van der Waals surface area contributed by atoms with Crippen molar-refractivity contribution in [2.75, 3.05) is 0 Å². The molecule has 0 spiro atoms. The molecule has 0 N–H and O–H groups in total. The largest absolute Gasteiger partial charge is 0.366 e. The van der Waals surface area contributed by atoms with Crippen molar-refractivity contribution >= 4 is 0 Å². The van der Waals surface area contributed by atoms with E-state index in [-0.39, 0.29) is 0 Å². The van der Waals surface area contributed by atoms with Gasteiger partial charge in [-0.05, 0) is 5.56 Å². The van der Waals surface area contributed by atoms with Crippen LogP contribution in [0.3, 0.4) is 0 Å². The zero-order chi connectivity index (χ0) is 8.81. The van der Waals surface area contributed by atoms with Gasteiger partial charge >= 0.3 is 0 Å². The molecule has 1 heteroatoms. The Labute approximate surface area is 68.7 Å². The zero-order valence-corrected chi connectivity index (χ0v) is 6.23. The van der Waals surface area contributed by atoms with E-state index in [9.17, 15) is 0 Å². The normalized spacial score (nSPS) is 13.6. The van der Waals surface area contributed by atoms with Crippen molar-refractivity contribution in [3.63, 3.8) is 0 Å². The summed E-state index contributed by atoms with van der Waals surface area (Å²) in [5.41, 5.74) is 0.843. The molecule has 0 fully saturated rings. The molecule has 57 valence electrons. The number of benzene rings is 1. The molecule has 0 aliphatic carbocycles. The summed E-state index contributed by atoms with van der Waals surface area (Å²) in [4.78, 5) is 0. The first-order chi connectivity index (χ1) is 5.84. The molecule has 0 bridgehead atoms. The first-order valence-electron chi connectivity index (χ1n) is 3.99. The Balaban J connectivity index is 2.53. The van der Waals surface area contributed by atoms with E-state index in [1.165, 1.54) is 12.7 Å². The molecule has 1 radical (unpaired) electrons. The van der Waals surface area contributed by atoms with Crippen molar-refractivity contribution in [1.29, 1.82) is 0 Å². The van der Waals surface area contributed by atoms with E-state index in [1.54, 1.807) is 0 Å². The van der Waals surface area contributed by atoms with Crippen molar-refractivity contribution < 1.29 is 6.11 Å². The third kappa shape index (κ3) is 3.01. The van der Waals surface area contributed by atoms with Gasteiger partial charge in [-0.2, -0.15) is 0 Å². The van der Waals surface area contributed by atoms with Gasteiger partial charge in [0.05, 0.1) is 7.95 Å². The molecule has 1 nitrogen and oxygen atoms in total. The first-order valence-corrected chi connectivity index (χ1v) is 3.41. The number of ether oxygens (including phenoxy) is 1. The van der Waals surface area contributed by atoms with Crippen LogP contribution in [0.25, 0.3) is 0 Å². The van der Waals surface area contributed by atoms with Crippen LogP contribution in [0.2, 0.25) is 0 Å². The van der Waals surface area contributed by atoms with Crippen LogP contribution in [0.1, 0.15) is 6.93 Å². The molecule has 1 aromatic carbocycles. The third-order valence-corrected chi connectivity index (χ3v) is 1.18. The monoisotopic (exact) mass is 148 g/mol. The molecule has 0 amide bonds. The van der Waals surface area contributed by atoms with Crippen molar-refractivity contribution in [3.05, 3.63) is 55.2 Å². The highest BCUT2D eigenvalue weighted by atomic mass is 16.5. The smallest absolute Gasteiger partial charge is 0.106 e. The second kappa shape index (κ2) is 4.69. The summed E-state index contributed by atoms with van der Waals surface area (Å²) >= 11 is 0. The van der Waals surface area contributed by atoms with Gasteiger partial charge in [-0.15, -0.1) is 6.58 Å². The summed E-state index contributed by atoms with van der Waals surface area (Å²) in [5.74, 6) is 0. The molecular weight excluding hydrogens is 136 g/mol. The molecule has 1 atom stereocenters. The van der Waals surface area contributed by atoms with Gasteiger partial charge in [0.1, 0.15) is 6.61 Å². The van der Waals surface area contributed by atoms with Crippen molar-refractivity contribution in [2.24, 2.45) is 0 Å². The molecule has 0 aliphatic rings. The molecule has 0 aliphatic heterocycles. The summed E-state index contributed by atoms with van der Waals surface area (Å²) in [7, 11) is 0. The lowest BCUT2D eigenvalue weighted by Crippen LogP contribution is -1.86. The average Bonchev–Trinajstić information content (AvgIpc) is 2.15. The summed E-state index contributed by atoms with van der Waals surface area (Å²) < 4.78 is 12.5. The van der Waals surface area contributed by atoms with Crippen molar-refractivity contribution in [2.45, 2.75) is 6.58 Å². The molecular formula is C10H11O. The molecule has 1 aromatic rings. The minimum atomic E-state index is -0.649. The second-order valence-electron chi connectivity index (χ2n) is 2.04. The van der Waals surface area contributed by atoms with Gasteiger partial charge in [-0.25, -0.2) is 0 Å². The molecule has 1 unspecified atom stereocenters. The minimum absolute atomic E-state index is 0.649. The maximum Gasteiger partial charge on any atom is 0.106 e. The second-order valence-corrected chi connectivity index (χ2v) is 2.04. The van der Waals surface area contributed by atoms with E-state index in [0.29, 0.717) is 0 Å². The standard InChI is InChI=1S/C10H11O/c1-2-8-11-9-10-6-4-3-5-7-10/h2-8H,1,9H2/i9D. The predicted molar refractivity (Wildman–Crippen MR) is 45.7 cm³/mol. The number of hydrogen-bond donors (Lipinski definition) is 0. The van der Waals surface area contributed by atoms with Gasteiger partial charge in [0.15, 0.2) is 0 Å². The van der Waals surface area contributed by atoms with Crippen LogP contribution in [-0.4, -0.2) is 0 Å².